The van der Waals surface area contributed by atoms with Crippen LogP contribution >= 0.6 is 0 Å². The summed E-state index contributed by atoms with van der Waals surface area (Å²) >= 11 is 0. The van der Waals surface area contributed by atoms with E-state index in [2.05, 4.69) is 5.10 Å². The van der Waals surface area contributed by atoms with Gasteiger partial charge in [0, 0.05) is 37.1 Å². The number of ether oxygens (including phenoxy) is 1. The van der Waals surface area contributed by atoms with Gasteiger partial charge in [-0.2, -0.15) is 5.10 Å². The lowest BCUT2D eigenvalue weighted by Crippen LogP contribution is -2.44. The molecule has 1 aromatic heterocycles. The van der Waals surface area contributed by atoms with Crippen molar-refractivity contribution in [3.8, 4) is 0 Å². The molecule has 3 rings (SSSR count). The summed E-state index contributed by atoms with van der Waals surface area (Å²) in [5.74, 6) is 0. The summed E-state index contributed by atoms with van der Waals surface area (Å²) in [5.41, 5.74) is -0.408. The van der Waals surface area contributed by atoms with E-state index in [0.29, 0.717) is 6.54 Å². The fraction of sp³-hybridized carbons (Fsp3) is 0.438. The van der Waals surface area contributed by atoms with E-state index in [1.54, 1.807) is 28.0 Å². The Hall–Kier alpha value is -3.05. The molecule has 0 saturated carbocycles. The van der Waals surface area contributed by atoms with E-state index in [4.69, 9.17) is 4.74 Å². The van der Waals surface area contributed by atoms with Crippen LogP contribution in [0.25, 0.3) is 0 Å². The number of nitrogens with zero attached hydrogens (tertiary/aromatic N) is 5. The fourth-order valence-corrected chi connectivity index (χ4v) is 3.28. The standard InChI is InChI=1S/C16H19N5O6/c1-11-12(10-22)7-14(20(23)24)16(15(11)21(25)26)18-5-6-27-13(8-18)9-19-4-2-3-17-19/h2-4,7,13,22H,5-6,8-10H2,1H3. The Kier molecular flexibility index (Phi) is 5.33. The highest BCUT2D eigenvalue weighted by molar-refractivity contribution is 5.79. The van der Waals surface area contributed by atoms with Crippen molar-refractivity contribution in [1.29, 1.82) is 0 Å². The summed E-state index contributed by atoms with van der Waals surface area (Å²) in [4.78, 5) is 23.6. The highest BCUT2D eigenvalue weighted by Gasteiger charge is 2.36. The van der Waals surface area contributed by atoms with Gasteiger partial charge in [-0.15, -0.1) is 0 Å². The molecule has 144 valence electrons. The number of aliphatic hydroxyl groups is 1. The lowest BCUT2D eigenvalue weighted by Gasteiger charge is -2.34. The number of nitro groups is 2. The van der Waals surface area contributed by atoms with Crippen LogP contribution in [-0.2, 0) is 17.9 Å². The first-order chi connectivity index (χ1) is 12.9. The van der Waals surface area contributed by atoms with Crippen molar-refractivity contribution in [1.82, 2.24) is 9.78 Å². The van der Waals surface area contributed by atoms with Gasteiger partial charge in [0.15, 0.2) is 5.69 Å². The topological polar surface area (TPSA) is 137 Å². The highest BCUT2D eigenvalue weighted by atomic mass is 16.6. The predicted molar refractivity (Wildman–Crippen MR) is 94.6 cm³/mol. The van der Waals surface area contributed by atoms with Crippen molar-refractivity contribution >= 4 is 17.1 Å². The van der Waals surface area contributed by atoms with Crippen molar-refractivity contribution in [2.45, 2.75) is 26.2 Å². The van der Waals surface area contributed by atoms with Crippen molar-refractivity contribution in [3.05, 3.63) is 55.9 Å². The Bertz CT molecular complexity index is 853. The molecule has 11 heteroatoms. The average Bonchev–Trinajstić information content (AvgIpc) is 3.13. The smallest absolute Gasteiger partial charge is 0.302 e. The molecular formula is C16H19N5O6. The van der Waals surface area contributed by atoms with E-state index in [0.717, 1.165) is 0 Å². The molecule has 0 amide bonds. The van der Waals surface area contributed by atoms with Crippen molar-refractivity contribution < 1.29 is 19.7 Å². The molecule has 1 fully saturated rings. The maximum absolute atomic E-state index is 11.7. The minimum absolute atomic E-state index is 0.0477. The van der Waals surface area contributed by atoms with Gasteiger partial charge in [0.1, 0.15) is 0 Å². The zero-order valence-electron chi connectivity index (χ0n) is 14.6. The summed E-state index contributed by atoms with van der Waals surface area (Å²) in [6, 6.07) is 2.98. The number of morpholine rings is 1. The van der Waals surface area contributed by atoms with Crippen LogP contribution < -0.4 is 4.90 Å². The van der Waals surface area contributed by atoms with Crippen LogP contribution in [0, 0.1) is 27.2 Å². The van der Waals surface area contributed by atoms with Crippen molar-refractivity contribution in [3.63, 3.8) is 0 Å². The van der Waals surface area contributed by atoms with Crippen LogP contribution in [-0.4, -0.2) is 50.5 Å². The van der Waals surface area contributed by atoms with Crippen LogP contribution in [0.4, 0.5) is 17.1 Å². The summed E-state index contributed by atoms with van der Waals surface area (Å²) < 4.78 is 7.37. The number of hydrogen-bond acceptors (Lipinski definition) is 8. The molecule has 1 aliphatic heterocycles. The van der Waals surface area contributed by atoms with Gasteiger partial charge in [0.05, 0.1) is 35.7 Å². The van der Waals surface area contributed by atoms with E-state index in [9.17, 15) is 25.3 Å². The second-order valence-corrected chi connectivity index (χ2v) is 6.22. The van der Waals surface area contributed by atoms with Gasteiger partial charge in [-0.25, -0.2) is 0 Å². The minimum atomic E-state index is -0.654. The van der Waals surface area contributed by atoms with Gasteiger partial charge in [-0.3, -0.25) is 24.9 Å². The Morgan fingerprint density at radius 2 is 2.15 bits per heavy atom. The summed E-state index contributed by atoms with van der Waals surface area (Å²) in [7, 11) is 0. The van der Waals surface area contributed by atoms with Crippen LogP contribution in [0.3, 0.4) is 0 Å². The molecule has 1 saturated heterocycles. The number of rotatable bonds is 6. The lowest BCUT2D eigenvalue weighted by atomic mass is 10.0. The number of hydrogen-bond donors (Lipinski definition) is 1. The Morgan fingerprint density at radius 3 is 2.74 bits per heavy atom. The molecule has 0 aliphatic carbocycles. The Balaban J connectivity index is 2.02. The molecule has 1 atom stereocenters. The molecule has 2 aromatic rings. The predicted octanol–water partition coefficient (Wildman–Crippen LogP) is 1.41. The molecule has 1 aliphatic rings. The SMILES string of the molecule is Cc1c(CO)cc([N+](=O)[O-])c(N2CCOC(Cn3cccn3)C2)c1[N+](=O)[O-]. The zero-order valence-corrected chi connectivity index (χ0v) is 14.6. The molecule has 0 radical (unpaired) electrons. The monoisotopic (exact) mass is 377 g/mol. The normalized spacial score (nSPS) is 17.1. The van der Waals surface area contributed by atoms with E-state index in [-0.39, 0.29) is 48.3 Å². The average molecular weight is 377 g/mol. The van der Waals surface area contributed by atoms with Gasteiger partial charge >= 0.3 is 5.69 Å². The minimum Gasteiger partial charge on any atom is -0.392 e. The molecule has 0 bridgehead atoms. The third-order valence-electron chi connectivity index (χ3n) is 4.57. The quantitative estimate of drug-likeness (QED) is 0.589. The number of aromatic nitrogens is 2. The van der Waals surface area contributed by atoms with E-state index >= 15 is 0 Å². The molecular weight excluding hydrogens is 358 g/mol. The molecule has 2 heterocycles. The Labute approximate surface area is 154 Å². The van der Waals surface area contributed by atoms with E-state index < -0.39 is 22.1 Å². The van der Waals surface area contributed by atoms with Gasteiger partial charge in [0.25, 0.3) is 5.69 Å². The number of nitro benzene ring substituents is 2. The number of aliphatic hydroxyl groups excluding tert-OH is 1. The molecule has 0 spiro atoms. The summed E-state index contributed by atoms with van der Waals surface area (Å²) in [5, 5.41) is 36.8. The first-order valence-corrected chi connectivity index (χ1v) is 8.32. The third kappa shape index (κ3) is 3.73. The third-order valence-corrected chi connectivity index (χ3v) is 4.57. The van der Waals surface area contributed by atoms with E-state index in [1.165, 1.54) is 13.0 Å². The van der Waals surface area contributed by atoms with Crippen molar-refractivity contribution in [2.24, 2.45) is 0 Å². The highest BCUT2D eigenvalue weighted by Crippen LogP contribution is 2.42. The first kappa shape index (κ1) is 18.7. The van der Waals surface area contributed by atoms with Crippen LogP contribution in [0.1, 0.15) is 11.1 Å². The van der Waals surface area contributed by atoms with Crippen LogP contribution in [0.5, 0.6) is 0 Å². The molecule has 11 nitrogen and oxygen atoms in total. The summed E-state index contributed by atoms with van der Waals surface area (Å²) in [6.45, 7) is 2.21. The maximum Gasteiger partial charge on any atom is 0.302 e. The van der Waals surface area contributed by atoms with Gasteiger partial charge in [-0.05, 0) is 18.6 Å². The fourth-order valence-electron chi connectivity index (χ4n) is 3.28. The second-order valence-electron chi connectivity index (χ2n) is 6.22. The van der Waals surface area contributed by atoms with Crippen LogP contribution in [0.15, 0.2) is 24.5 Å². The number of anilines is 1. The van der Waals surface area contributed by atoms with Gasteiger partial charge in [-0.1, -0.05) is 0 Å². The maximum atomic E-state index is 11.7. The lowest BCUT2D eigenvalue weighted by molar-refractivity contribution is -0.393. The zero-order chi connectivity index (χ0) is 19.6. The second kappa shape index (κ2) is 7.68. The van der Waals surface area contributed by atoms with Crippen LogP contribution in [0.2, 0.25) is 0 Å². The number of benzene rings is 1. The Morgan fingerprint density at radius 1 is 1.37 bits per heavy atom. The van der Waals surface area contributed by atoms with Gasteiger partial charge in [0.2, 0.25) is 0 Å². The largest absolute Gasteiger partial charge is 0.392 e. The molecule has 1 aromatic carbocycles. The van der Waals surface area contributed by atoms with Gasteiger partial charge < -0.3 is 14.7 Å². The molecule has 1 unspecified atom stereocenters. The van der Waals surface area contributed by atoms with E-state index in [1.807, 2.05) is 0 Å². The molecule has 27 heavy (non-hydrogen) atoms. The molecule has 1 N–H and O–H groups in total. The summed E-state index contributed by atoms with van der Waals surface area (Å²) in [6.07, 6.45) is 3.08. The first-order valence-electron chi connectivity index (χ1n) is 8.32. The van der Waals surface area contributed by atoms with Crippen molar-refractivity contribution in [2.75, 3.05) is 24.6 Å².